The van der Waals surface area contributed by atoms with E-state index in [1.807, 2.05) is 6.07 Å². The molecule has 1 saturated carbocycles. The standard InChI is InChI=1S/C16H13ClO4S/c17-11-6-8-12(9-7-11)22(20,21)15-13(14(15)16(18)19)10-4-2-1-3-5-10/h1-9,13-15H,(H,18,19)/t13-,14-,15-/m0/s1. The molecule has 0 heterocycles. The molecule has 0 bridgehead atoms. The zero-order chi connectivity index (χ0) is 15.9. The molecule has 22 heavy (non-hydrogen) atoms. The van der Waals surface area contributed by atoms with E-state index in [9.17, 15) is 18.3 Å². The highest BCUT2D eigenvalue weighted by Crippen LogP contribution is 2.54. The Kier molecular flexibility index (Phi) is 3.70. The average molecular weight is 337 g/mol. The molecule has 0 aromatic heterocycles. The molecular formula is C16H13ClO4S. The van der Waals surface area contributed by atoms with Crippen molar-refractivity contribution in [1.29, 1.82) is 0 Å². The van der Waals surface area contributed by atoms with Gasteiger partial charge in [-0.05, 0) is 29.8 Å². The molecule has 0 spiro atoms. The average Bonchev–Trinajstić information content (AvgIpc) is 3.25. The summed E-state index contributed by atoms with van der Waals surface area (Å²) < 4.78 is 25.4. The topological polar surface area (TPSA) is 71.4 Å². The fourth-order valence-electron chi connectivity index (χ4n) is 2.82. The van der Waals surface area contributed by atoms with Crippen LogP contribution < -0.4 is 0 Å². The van der Waals surface area contributed by atoms with E-state index in [-0.39, 0.29) is 4.90 Å². The van der Waals surface area contributed by atoms with E-state index >= 15 is 0 Å². The Morgan fingerprint density at radius 3 is 2.14 bits per heavy atom. The predicted octanol–water partition coefficient (Wildman–Crippen LogP) is 2.98. The minimum Gasteiger partial charge on any atom is -0.481 e. The summed E-state index contributed by atoms with van der Waals surface area (Å²) in [5.74, 6) is -2.51. The summed E-state index contributed by atoms with van der Waals surface area (Å²) in [5, 5.41) is 8.82. The summed E-state index contributed by atoms with van der Waals surface area (Å²) in [6.45, 7) is 0. The SMILES string of the molecule is O=C(O)[C@H]1[C@H](c2ccccc2)[C@@H]1S(=O)(=O)c1ccc(Cl)cc1. The zero-order valence-corrected chi connectivity index (χ0v) is 13.0. The molecule has 2 aromatic rings. The van der Waals surface area contributed by atoms with Crippen LogP contribution >= 0.6 is 11.6 Å². The number of benzene rings is 2. The lowest BCUT2D eigenvalue weighted by atomic mass is 10.1. The predicted molar refractivity (Wildman–Crippen MR) is 82.7 cm³/mol. The summed E-state index contributed by atoms with van der Waals surface area (Å²) >= 11 is 5.77. The van der Waals surface area contributed by atoms with Crippen LogP contribution in [0.15, 0.2) is 59.5 Å². The van der Waals surface area contributed by atoms with Crippen LogP contribution in [0.3, 0.4) is 0 Å². The van der Waals surface area contributed by atoms with E-state index < -0.39 is 32.9 Å². The van der Waals surface area contributed by atoms with Crippen molar-refractivity contribution < 1.29 is 18.3 Å². The largest absolute Gasteiger partial charge is 0.481 e. The summed E-state index contributed by atoms with van der Waals surface area (Å²) in [5.41, 5.74) is 0.734. The second-order valence-corrected chi connectivity index (χ2v) is 7.81. The molecule has 0 saturated heterocycles. The van der Waals surface area contributed by atoms with E-state index in [4.69, 9.17) is 11.6 Å². The first-order valence-electron chi connectivity index (χ1n) is 6.70. The first kappa shape index (κ1) is 15.1. The highest BCUT2D eigenvalue weighted by atomic mass is 35.5. The van der Waals surface area contributed by atoms with Crippen molar-refractivity contribution in [2.75, 3.05) is 0 Å². The monoisotopic (exact) mass is 336 g/mol. The molecule has 1 aliphatic carbocycles. The quantitative estimate of drug-likeness (QED) is 0.931. The van der Waals surface area contributed by atoms with Gasteiger partial charge in [0.15, 0.2) is 9.84 Å². The Morgan fingerprint density at radius 2 is 1.59 bits per heavy atom. The van der Waals surface area contributed by atoms with E-state index in [0.717, 1.165) is 5.56 Å². The van der Waals surface area contributed by atoms with Crippen molar-refractivity contribution in [2.24, 2.45) is 5.92 Å². The van der Waals surface area contributed by atoms with Gasteiger partial charge in [-0.15, -0.1) is 0 Å². The van der Waals surface area contributed by atoms with Crippen LogP contribution in [0.25, 0.3) is 0 Å². The Labute approximate surface area is 133 Å². The molecule has 0 unspecified atom stereocenters. The number of carboxylic acid groups (broad SMARTS) is 1. The van der Waals surface area contributed by atoms with Crippen LogP contribution in [0.2, 0.25) is 5.02 Å². The highest BCUT2D eigenvalue weighted by molar-refractivity contribution is 7.92. The van der Waals surface area contributed by atoms with Gasteiger partial charge in [-0.1, -0.05) is 41.9 Å². The van der Waals surface area contributed by atoms with Gasteiger partial charge in [-0.2, -0.15) is 0 Å². The Morgan fingerprint density at radius 1 is 1.00 bits per heavy atom. The highest BCUT2D eigenvalue weighted by Gasteiger charge is 2.63. The molecule has 114 valence electrons. The molecule has 0 amide bonds. The fraction of sp³-hybridized carbons (Fsp3) is 0.188. The molecule has 4 nitrogen and oxygen atoms in total. The molecule has 3 rings (SSSR count). The van der Waals surface area contributed by atoms with Crippen molar-refractivity contribution in [3.63, 3.8) is 0 Å². The third-order valence-corrected chi connectivity index (χ3v) is 6.41. The van der Waals surface area contributed by atoms with Gasteiger partial charge in [-0.25, -0.2) is 8.42 Å². The fourth-order valence-corrected chi connectivity index (χ4v) is 5.07. The molecule has 1 aliphatic rings. The van der Waals surface area contributed by atoms with Crippen LogP contribution in [-0.4, -0.2) is 24.7 Å². The van der Waals surface area contributed by atoms with E-state index in [2.05, 4.69) is 0 Å². The second kappa shape index (κ2) is 5.41. The smallest absolute Gasteiger partial charge is 0.308 e. The maximum absolute atomic E-state index is 12.7. The first-order valence-corrected chi connectivity index (χ1v) is 8.62. The van der Waals surface area contributed by atoms with Gasteiger partial charge in [0.05, 0.1) is 16.1 Å². The van der Waals surface area contributed by atoms with Crippen molar-refractivity contribution in [1.82, 2.24) is 0 Å². The number of aliphatic carboxylic acids is 1. The minimum atomic E-state index is -3.71. The molecule has 2 aromatic carbocycles. The number of carbonyl (C=O) groups is 1. The van der Waals surface area contributed by atoms with Crippen LogP contribution in [0.4, 0.5) is 0 Å². The maximum Gasteiger partial charge on any atom is 0.308 e. The lowest BCUT2D eigenvalue weighted by molar-refractivity contribution is -0.138. The number of hydrogen-bond acceptors (Lipinski definition) is 3. The van der Waals surface area contributed by atoms with Gasteiger partial charge in [0.25, 0.3) is 0 Å². The lowest BCUT2D eigenvalue weighted by Crippen LogP contribution is -2.13. The van der Waals surface area contributed by atoms with Gasteiger partial charge in [0.1, 0.15) is 0 Å². The molecule has 1 fully saturated rings. The van der Waals surface area contributed by atoms with Crippen LogP contribution in [0.1, 0.15) is 11.5 Å². The number of hydrogen-bond donors (Lipinski definition) is 1. The normalized spacial score (nSPS) is 24.0. The Hall–Kier alpha value is -1.85. The molecular weight excluding hydrogens is 324 g/mol. The van der Waals surface area contributed by atoms with E-state index in [1.165, 1.54) is 24.3 Å². The van der Waals surface area contributed by atoms with E-state index in [0.29, 0.717) is 5.02 Å². The van der Waals surface area contributed by atoms with Gasteiger partial charge < -0.3 is 5.11 Å². The molecule has 1 N–H and O–H groups in total. The van der Waals surface area contributed by atoms with Crippen LogP contribution in [-0.2, 0) is 14.6 Å². The van der Waals surface area contributed by atoms with Gasteiger partial charge in [-0.3, -0.25) is 4.79 Å². The maximum atomic E-state index is 12.7. The van der Waals surface area contributed by atoms with E-state index in [1.54, 1.807) is 24.3 Å². The molecule has 0 radical (unpaired) electrons. The van der Waals surface area contributed by atoms with Crippen LogP contribution in [0.5, 0.6) is 0 Å². The third-order valence-electron chi connectivity index (χ3n) is 3.92. The lowest BCUT2D eigenvalue weighted by Gasteiger charge is -2.04. The number of rotatable bonds is 4. The van der Waals surface area contributed by atoms with Gasteiger partial charge >= 0.3 is 5.97 Å². The summed E-state index contributed by atoms with van der Waals surface area (Å²) in [4.78, 5) is 11.5. The summed E-state index contributed by atoms with van der Waals surface area (Å²) in [6, 6.07) is 14.7. The summed E-state index contributed by atoms with van der Waals surface area (Å²) in [6.07, 6.45) is 0. The van der Waals surface area contributed by atoms with Gasteiger partial charge in [0.2, 0.25) is 0 Å². The molecule has 0 aliphatic heterocycles. The van der Waals surface area contributed by atoms with Crippen molar-refractivity contribution in [3.8, 4) is 0 Å². The molecule has 3 atom stereocenters. The van der Waals surface area contributed by atoms with Crippen molar-refractivity contribution >= 4 is 27.4 Å². The van der Waals surface area contributed by atoms with Crippen LogP contribution in [0, 0.1) is 5.92 Å². The van der Waals surface area contributed by atoms with Crippen molar-refractivity contribution in [2.45, 2.75) is 16.1 Å². The van der Waals surface area contributed by atoms with Crippen molar-refractivity contribution in [3.05, 3.63) is 65.2 Å². The second-order valence-electron chi connectivity index (χ2n) is 5.26. The third kappa shape index (κ3) is 2.51. The molecule has 6 heteroatoms. The number of halogens is 1. The Balaban J connectivity index is 1.99. The first-order chi connectivity index (χ1) is 10.4. The number of carboxylic acids is 1. The number of sulfone groups is 1. The minimum absolute atomic E-state index is 0.103. The zero-order valence-electron chi connectivity index (χ0n) is 11.4. The summed E-state index contributed by atoms with van der Waals surface area (Å²) in [7, 11) is -3.71. The van der Waals surface area contributed by atoms with Gasteiger partial charge in [0, 0.05) is 10.9 Å². The Bertz CT molecular complexity index is 800.